The number of methoxy groups -OCH3 is 2. The first-order valence-corrected chi connectivity index (χ1v) is 13.6. The van der Waals surface area contributed by atoms with Gasteiger partial charge >= 0.3 is 0 Å². The Labute approximate surface area is 200 Å². The van der Waals surface area contributed by atoms with Gasteiger partial charge in [-0.05, 0) is 30.7 Å². The number of amides is 1. The fourth-order valence-electron chi connectivity index (χ4n) is 3.63. The van der Waals surface area contributed by atoms with Gasteiger partial charge in [0.25, 0.3) is 0 Å². The molecule has 0 saturated carbocycles. The van der Waals surface area contributed by atoms with Crippen molar-refractivity contribution >= 4 is 26.0 Å². The molecule has 1 fully saturated rings. The summed E-state index contributed by atoms with van der Waals surface area (Å²) in [6.07, 6.45) is 0.217. The first-order chi connectivity index (χ1) is 16.2. The van der Waals surface area contributed by atoms with Crippen molar-refractivity contribution in [2.75, 3.05) is 46.9 Å². The Bertz CT molecular complexity index is 1200. The van der Waals surface area contributed by atoms with Crippen molar-refractivity contribution in [3.63, 3.8) is 0 Å². The molecule has 1 heterocycles. The van der Waals surface area contributed by atoms with Gasteiger partial charge in [0.05, 0.1) is 19.1 Å². The summed E-state index contributed by atoms with van der Waals surface area (Å²) in [6.45, 7) is 0.236. The zero-order chi connectivity index (χ0) is 24.8. The van der Waals surface area contributed by atoms with Gasteiger partial charge in [-0.1, -0.05) is 18.2 Å². The van der Waals surface area contributed by atoms with Gasteiger partial charge in [0, 0.05) is 45.2 Å². The minimum atomic E-state index is -4.03. The van der Waals surface area contributed by atoms with E-state index < -0.39 is 20.0 Å². The van der Waals surface area contributed by atoms with Gasteiger partial charge < -0.3 is 14.8 Å². The number of rotatable bonds is 6. The monoisotopic (exact) mass is 511 g/mol. The van der Waals surface area contributed by atoms with Crippen LogP contribution in [0.1, 0.15) is 12.8 Å². The molecule has 2 aromatic rings. The van der Waals surface area contributed by atoms with Crippen LogP contribution in [-0.4, -0.2) is 78.3 Å². The standard InChI is InChI=1S/C22H29N3O7S2/c1-31-18-9-10-20(32-2)21(17-18)34(29,30)25-14-6-13-24(15-11-22(26)23-12-16-25)33(27,28)19-7-4-3-5-8-19/h3-5,7-10,17H,6,11-16H2,1-2H3,(H,23,26). The minimum absolute atomic E-state index is 0.000478. The first-order valence-electron chi connectivity index (χ1n) is 10.7. The maximum absolute atomic E-state index is 13.5. The molecule has 1 aliphatic rings. The van der Waals surface area contributed by atoms with Crippen LogP contribution in [0.15, 0.2) is 58.3 Å². The number of nitrogens with zero attached hydrogens (tertiary/aromatic N) is 2. The molecule has 2 aromatic carbocycles. The van der Waals surface area contributed by atoms with Crippen LogP contribution >= 0.6 is 0 Å². The van der Waals surface area contributed by atoms with E-state index in [0.29, 0.717) is 5.75 Å². The molecule has 0 aliphatic carbocycles. The van der Waals surface area contributed by atoms with Crippen molar-refractivity contribution in [1.82, 2.24) is 13.9 Å². The lowest BCUT2D eigenvalue weighted by atomic mass is 10.3. The number of carbonyl (C=O) groups is 1. The zero-order valence-electron chi connectivity index (χ0n) is 19.1. The molecule has 0 radical (unpaired) electrons. The SMILES string of the molecule is COc1ccc(OC)c(S(=O)(=O)N2CCCN(S(=O)(=O)c3ccccc3)CCC(=O)NCC2)c1. The van der Waals surface area contributed by atoms with Crippen LogP contribution in [0.5, 0.6) is 11.5 Å². The highest BCUT2D eigenvalue weighted by molar-refractivity contribution is 7.89. The van der Waals surface area contributed by atoms with Crippen LogP contribution < -0.4 is 14.8 Å². The number of hydrogen-bond acceptors (Lipinski definition) is 7. The van der Waals surface area contributed by atoms with E-state index in [1.165, 1.54) is 47.1 Å². The third kappa shape index (κ3) is 5.87. The summed E-state index contributed by atoms with van der Waals surface area (Å²) in [5.41, 5.74) is 0. The second-order valence-corrected chi connectivity index (χ2v) is 11.4. The third-order valence-electron chi connectivity index (χ3n) is 5.46. The lowest BCUT2D eigenvalue weighted by Gasteiger charge is -2.25. The average Bonchev–Trinajstić information content (AvgIpc) is 2.88. The van der Waals surface area contributed by atoms with E-state index in [1.54, 1.807) is 24.3 Å². The highest BCUT2D eigenvalue weighted by Gasteiger charge is 2.30. The van der Waals surface area contributed by atoms with Gasteiger partial charge in [0.2, 0.25) is 26.0 Å². The molecule has 0 spiro atoms. The highest BCUT2D eigenvalue weighted by Crippen LogP contribution is 2.30. The molecular formula is C22H29N3O7S2. The van der Waals surface area contributed by atoms with Gasteiger partial charge in [-0.3, -0.25) is 4.79 Å². The Morgan fingerprint density at radius 3 is 2.15 bits per heavy atom. The minimum Gasteiger partial charge on any atom is -0.497 e. The van der Waals surface area contributed by atoms with Crippen molar-refractivity contribution in [3.05, 3.63) is 48.5 Å². The highest BCUT2D eigenvalue weighted by atomic mass is 32.2. The molecule has 10 nitrogen and oxygen atoms in total. The summed E-state index contributed by atoms with van der Waals surface area (Å²) in [6, 6.07) is 12.4. The molecular weight excluding hydrogens is 482 g/mol. The van der Waals surface area contributed by atoms with E-state index in [0.717, 1.165) is 0 Å². The van der Waals surface area contributed by atoms with Crippen LogP contribution in [-0.2, 0) is 24.8 Å². The predicted molar refractivity (Wildman–Crippen MR) is 126 cm³/mol. The topological polar surface area (TPSA) is 122 Å². The van der Waals surface area contributed by atoms with Crippen LogP contribution in [0.25, 0.3) is 0 Å². The molecule has 1 amide bonds. The van der Waals surface area contributed by atoms with E-state index >= 15 is 0 Å². The van der Waals surface area contributed by atoms with E-state index in [1.807, 2.05) is 0 Å². The van der Waals surface area contributed by atoms with Gasteiger partial charge in [0.1, 0.15) is 16.4 Å². The number of benzene rings is 2. The molecule has 34 heavy (non-hydrogen) atoms. The fraction of sp³-hybridized carbons (Fsp3) is 0.409. The molecule has 0 bridgehead atoms. The van der Waals surface area contributed by atoms with E-state index in [9.17, 15) is 21.6 Å². The lowest BCUT2D eigenvalue weighted by molar-refractivity contribution is -0.121. The Balaban J connectivity index is 1.89. The molecule has 12 heteroatoms. The van der Waals surface area contributed by atoms with Crippen molar-refractivity contribution in [3.8, 4) is 11.5 Å². The summed E-state index contributed by atoms with van der Waals surface area (Å²) in [7, 11) is -5.06. The third-order valence-corrected chi connectivity index (χ3v) is 9.29. The first kappa shape index (κ1) is 25.9. The van der Waals surface area contributed by atoms with Crippen molar-refractivity contribution in [1.29, 1.82) is 0 Å². The summed E-state index contributed by atoms with van der Waals surface area (Å²) < 4.78 is 66.2. The number of sulfonamides is 2. The molecule has 186 valence electrons. The molecule has 0 unspecified atom stereocenters. The van der Waals surface area contributed by atoms with E-state index in [2.05, 4.69) is 5.32 Å². The zero-order valence-corrected chi connectivity index (χ0v) is 20.8. The van der Waals surface area contributed by atoms with Gasteiger partial charge in [-0.25, -0.2) is 16.8 Å². The molecule has 1 N–H and O–H groups in total. The summed E-state index contributed by atoms with van der Waals surface area (Å²) in [4.78, 5) is 12.4. The van der Waals surface area contributed by atoms with Crippen molar-refractivity contribution in [2.45, 2.75) is 22.6 Å². The predicted octanol–water partition coefficient (Wildman–Crippen LogP) is 1.30. The number of nitrogens with one attached hydrogen (secondary N) is 1. The molecule has 1 aliphatic heterocycles. The summed E-state index contributed by atoms with van der Waals surface area (Å²) in [5, 5.41) is 2.67. The maximum atomic E-state index is 13.5. The Morgan fingerprint density at radius 2 is 1.50 bits per heavy atom. The Morgan fingerprint density at radius 1 is 0.824 bits per heavy atom. The molecule has 1 saturated heterocycles. The number of carbonyl (C=O) groups excluding carboxylic acids is 1. The summed E-state index contributed by atoms with van der Waals surface area (Å²) >= 11 is 0. The normalized spacial score (nSPS) is 17.4. The largest absolute Gasteiger partial charge is 0.497 e. The van der Waals surface area contributed by atoms with E-state index in [-0.39, 0.29) is 67.0 Å². The molecule has 3 rings (SSSR count). The Hall–Kier alpha value is -2.67. The van der Waals surface area contributed by atoms with Gasteiger partial charge in [-0.2, -0.15) is 8.61 Å². The Kier molecular flexibility index (Phi) is 8.52. The quantitative estimate of drug-likeness (QED) is 0.620. The van der Waals surface area contributed by atoms with Crippen LogP contribution in [0, 0.1) is 0 Å². The van der Waals surface area contributed by atoms with Crippen molar-refractivity contribution < 1.29 is 31.1 Å². The lowest BCUT2D eigenvalue weighted by Crippen LogP contribution is -2.39. The smallest absolute Gasteiger partial charge is 0.246 e. The second-order valence-electron chi connectivity index (χ2n) is 7.59. The maximum Gasteiger partial charge on any atom is 0.246 e. The van der Waals surface area contributed by atoms with Gasteiger partial charge in [-0.15, -0.1) is 0 Å². The van der Waals surface area contributed by atoms with Crippen LogP contribution in [0.3, 0.4) is 0 Å². The molecule has 0 aromatic heterocycles. The van der Waals surface area contributed by atoms with Crippen molar-refractivity contribution in [2.24, 2.45) is 0 Å². The number of ether oxygens (including phenoxy) is 2. The van der Waals surface area contributed by atoms with Crippen LogP contribution in [0.2, 0.25) is 0 Å². The second kappa shape index (κ2) is 11.2. The summed E-state index contributed by atoms with van der Waals surface area (Å²) in [5.74, 6) is 0.157. The number of hydrogen-bond donors (Lipinski definition) is 1. The van der Waals surface area contributed by atoms with Gasteiger partial charge in [0.15, 0.2) is 0 Å². The van der Waals surface area contributed by atoms with E-state index in [4.69, 9.17) is 9.47 Å². The average molecular weight is 512 g/mol. The molecule has 0 atom stereocenters. The fourth-order valence-corrected chi connectivity index (χ4v) is 6.78. The van der Waals surface area contributed by atoms with Crippen LogP contribution in [0.4, 0.5) is 0 Å².